The van der Waals surface area contributed by atoms with Crippen molar-refractivity contribution in [3.63, 3.8) is 0 Å². The molecule has 124 valence electrons. The number of benzene rings is 2. The number of fused-ring (bicyclic) bond motifs is 1. The molecule has 0 aliphatic carbocycles. The molecule has 0 N–H and O–H groups in total. The van der Waals surface area contributed by atoms with Crippen LogP contribution in [0.4, 0.5) is 0 Å². The summed E-state index contributed by atoms with van der Waals surface area (Å²) in [6.45, 7) is 4.09. The average Bonchev–Trinajstić information content (AvgIpc) is 3.11. The van der Waals surface area contributed by atoms with Crippen LogP contribution in [0.25, 0.3) is 33.7 Å². The number of hydrogen-bond donors (Lipinski definition) is 0. The van der Waals surface area contributed by atoms with Crippen molar-refractivity contribution < 1.29 is 9.26 Å². The van der Waals surface area contributed by atoms with E-state index in [0.717, 1.165) is 16.5 Å². The topological polar surface area (TPSA) is 61.0 Å². The molecule has 0 saturated carbocycles. The van der Waals surface area contributed by atoms with Crippen molar-refractivity contribution in [2.75, 3.05) is 7.11 Å². The van der Waals surface area contributed by atoms with E-state index in [2.05, 4.69) is 21.2 Å². The minimum Gasteiger partial charge on any atom is -0.480 e. The maximum Gasteiger partial charge on any atom is 0.258 e. The Morgan fingerprint density at radius 1 is 0.880 bits per heavy atom. The predicted molar refractivity (Wildman–Crippen MR) is 96.5 cm³/mol. The lowest BCUT2D eigenvalue weighted by Gasteiger charge is -2.07. The van der Waals surface area contributed by atoms with Gasteiger partial charge in [0.05, 0.1) is 18.2 Å². The Morgan fingerprint density at radius 3 is 2.40 bits per heavy atom. The molecular weight excluding hydrogens is 314 g/mol. The second kappa shape index (κ2) is 6.02. The van der Waals surface area contributed by atoms with Gasteiger partial charge in [-0.1, -0.05) is 34.5 Å². The minimum absolute atomic E-state index is 0.461. The van der Waals surface area contributed by atoms with Crippen molar-refractivity contribution in [3.05, 3.63) is 59.7 Å². The first kappa shape index (κ1) is 15.3. The van der Waals surface area contributed by atoms with Crippen molar-refractivity contribution in [2.45, 2.75) is 13.8 Å². The zero-order valence-corrected chi connectivity index (χ0v) is 14.3. The molecule has 0 atom stereocenters. The number of aromatic nitrogens is 3. The van der Waals surface area contributed by atoms with E-state index in [1.54, 1.807) is 7.11 Å². The summed E-state index contributed by atoms with van der Waals surface area (Å²) in [5, 5.41) is 5.13. The van der Waals surface area contributed by atoms with E-state index >= 15 is 0 Å². The quantitative estimate of drug-likeness (QED) is 0.550. The van der Waals surface area contributed by atoms with Gasteiger partial charge in [0.25, 0.3) is 5.89 Å². The minimum atomic E-state index is 0.461. The lowest BCUT2D eigenvalue weighted by molar-refractivity contribution is 0.399. The Balaban J connectivity index is 1.82. The molecule has 0 spiro atoms. The van der Waals surface area contributed by atoms with Crippen LogP contribution in [0.2, 0.25) is 0 Å². The van der Waals surface area contributed by atoms with Crippen LogP contribution in [0.1, 0.15) is 11.1 Å². The van der Waals surface area contributed by atoms with E-state index in [1.807, 2.05) is 56.3 Å². The molecule has 4 aromatic rings. The van der Waals surface area contributed by atoms with Crippen molar-refractivity contribution in [3.8, 4) is 28.7 Å². The van der Waals surface area contributed by atoms with Crippen LogP contribution in [0.15, 0.2) is 53.1 Å². The summed E-state index contributed by atoms with van der Waals surface area (Å²) in [6, 6.07) is 16.0. The van der Waals surface area contributed by atoms with E-state index in [0.29, 0.717) is 23.2 Å². The highest BCUT2D eigenvalue weighted by Crippen LogP contribution is 2.31. The fraction of sp³-hybridized carbons (Fsp3) is 0.150. The van der Waals surface area contributed by atoms with E-state index in [-0.39, 0.29) is 0 Å². The Morgan fingerprint density at radius 2 is 1.64 bits per heavy atom. The summed E-state index contributed by atoms with van der Waals surface area (Å²) in [4.78, 5) is 9.08. The smallest absolute Gasteiger partial charge is 0.258 e. The first-order chi connectivity index (χ1) is 12.1. The monoisotopic (exact) mass is 331 g/mol. The van der Waals surface area contributed by atoms with Crippen LogP contribution in [0.3, 0.4) is 0 Å². The molecule has 2 aromatic carbocycles. The normalized spacial score (nSPS) is 11.0. The molecule has 0 amide bonds. The SMILES string of the molecule is COc1nc2ccc(C)cc2cc1-c1noc(-c2ccc(C)cc2)n1. The predicted octanol–water partition coefficient (Wildman–Crippen LogP) is 4.58. The third-order valence-electron chi connectivity index (χ3n) is 4.09. The summed E-state index contributed by atoms with van der Waals surface area (Å²) in [5.41, 5.74) is 4.81. The van der Waals surface area contributed by atoms with Gasteiger partial charge in [0.1, 0.15) is 0 Å². The maximum atomic E-state index is 5.44. The van der Waals surface area contributed by atoms with E-state index in [4.69, 9.17) is 9.26 Å². The van der Waals surface area contributed by atoms with Gasteiger partial charge in [-0.3, -0.25) is 0 Å². The summed E-state index contributed by atoms with van der Waals surface area (Å²) in [6.07, 6.45) is 0. The number of pyridine rings is 1. The summed E-state index contributed by atoms with van der Waals surface area (Å²) < 4.78 is 10.9. The molecule has 0 unspecified atom stereocenters. The molecule has 0 bridgehead atoms. The largest absolute Gasteiger partial charge is 0.480 e. The van der Waals surface area contributed by atoms with Gasteiger partial charge in [0, 0.05) is 10.9 Å². The van der Waals surface area contributed by atoms with Crippen molar-refractivity contribution in [2.24, 2.45) is 0 Å². The van der Waals surface area contributed by atoms with Gasteiger partial charge >= 0.3 is 0 Å². The molecule has 0 aliphatic rings. The maximum absolute atomic E-state index is 5.44. The number of rotatable bonds is 3. The second-order valence-electron chi connectivity index (χ2n) is 6.03. The molecule has 4 rings (SSSR count). The first-order valence-corrected chi connectivity index (χ1v) is 8.00. The van der Waals surface area contributed by atoms with E-state index in [9.17, 15) is 0 Å². The zero-order chi connectivity index (χ0) is 17.4. The van der Waals surface area contributed by atoms with Crippen LogP contribution in [-0.2, 0) is 0 Å². The summed E-state index contributed by atoms with van der Waals surface area (Å²) in [5.74, 6) is 1.41. The fourth-order valence-corrected chi connectivity index (χ4v) is 2.74. The Bertz CT molecular complexity index is 1050. The molecule has 25 heavy (non-hydrogen) atoms. The number of nitrogens with zero attached hydrogens (tertiary/aromatic N) is 3. The lowest BCUT2D eigenvalue weighted by atomic mass is 10.1. The van der Waals surface area contributed by atoms with E-state index < -0.39 is 0 Å². The lowest BCUT2D eigenvalue weighted by Crippen LogP contribution is -1.94. The Hall–Kier alpha value is -3.21. The number of ether oxygens (including phenoxy) is 1. The van der Waals surface area contributed by atoms with Crippen molar-refractivity contribution >= 4 is 10.9 Å². The highest BCUT2D eigenvalue weighted by molar-refractivity contribution is 5.85. The van der Waals surface area contributed by atoms with E-state index in [1.165, 1.54) is 11.1 Å². The van der Waals surface area contributed by atoms with Crippen LogP contribution in [-0.4, -0.2) is 22.2 Å². The average molecular weight is 331 g/mol. The van der Waals surface area contributed by atoms with Crippen LogP contribution in [0, 0.1) is 13.8 Å². The molecular formula is C20H17N3O2. The molecule has 5 nitrogen and oxygen atoms in total. The fourth-order valence-electron chi connectivity index (χ4n) is 2.74. The highest BCUT2D eigenvalue weighted by Gasteiger charge is 2.17. The van der Waals surface area contributed by atoms with Gasteiger partial charge in [0.2, 0.25) is 11.7 Å². The van der Waals surface area contributed by atoms with Gasteiger partial charge in [-0.05, 0) is 44.2 Å². The first-order valence-electron chi connectivity index (χ1n) is 8.00. The molecule has 0 fully saturated rings. The van der Waals surface area contributed by atoms with Gasteiger partial charge in [0.15, 0.2) is 0 Å². The van der Waals surface area contributed by atoms with Crippen molar-refractivity contribution in [1.82, 2.24) is 15.1 Å². The molecule has 0 saturated heterocycles. The molecule has 5 heteroatoms. The van der Waals surface area contributed by atoms with Crippen LogP contribution in [0.5, 0.6) is 5.88 Å². The summed E-state index contributed by atoms with van der Waals surface area (Å²) in [7, 11) is 1.59. The zero-order valence-electron chi connectivity index (χ0n) is 14.3. The summed E-state index contributed by atoms with van der Waals surface area (Å²) >= 11 is 0. The number of hydrogen-bond acceptors (Lipinski definition) is 5. The van der Waals surface area contributed by atoms with Gasteiger partial charge in [-0.15, -0.1) is 0 Å². The molecule has 0 aliphatic heterocycles. The molecule has 2 heterocycles. The Labute approximate surface area is 145 Å². The third kappa shape index (κ3) is 2.85. The van der Waals surface area contributed by atoms with Crippen LogP contribution >= 0.6 is 0 Å². The highest BCUT2D eigenvalue weighted by atomic mass is 16.5. The van der Waals surface area contributed by atoms with Gasteiger partial charge in [-0.2, -0.15) is 4.98 Å². The van der Waals surface area contributed by atoms with Gasteiger partial charge < -0.3 is 9.26 Å². The van der Waals surface area contributed by atoms with Gasteiger partial charge in [-0.25, -0.2) is 4.98 Å². The van der Waals surface area contributed by atoms with Crippen LogP contribution < -0.4 is 4.74 Å². The number of methoxy groups -OCH3 is 1. The van der Waals surface area contributed by atoms with Crippen molar-refractivity contribution in [1.29, 1.82) is 0 Å². The second-order valence-corrected chi connectivity index (χ2v) is 6.03. The molecule has 2 aromatic heterocycles. The molecule has 0 radical (unpaired) electrons. The number of aryl methyl sites for hydroxylation is 2. The third-order valence-corrected chi connectivity index (χ3v) is 4.09. The standard InChI is InChI=1S/C20H17N3O2/c1-12-4-7-14(8-5-12)19-22-18(23-25-19)16-11-15-10-13(2)6-9-17(15)21-20(16)24-3/h4-11H,1-3H3. The Kier molecular flexibility index (Phi) is 3.69.